The molecule has 0 unspecified atom stereocenters. The van der Waals surface area contributed by atoms with Gasteiger partial charge in [-0.1, -0.05) is 47.5 Å². The van der Waals surface area contributed by atoms with Gasteiger partial charge in [0, 0.05) is 27.8 Å². The van der Waals surface area contributed by atoms with Crippen LogP contribution in [0.2, 0.25) is 5.02 Å². The highest BCUT2D eigenvalue weighted by molar-refractivity contribution is 6.30. The van der Waals surface area contributed by atoms with Gasteiger partial charge in [-0.2, -0.15) is 0 Å². The number of carbonyl (C=O) groups is 3. The molecule has 1 aliphatic heterocycles. The van der Waals surface area contributed by atoms with Crippen LogP contribution in [0.3, 0.4) is 0 Å². The van der Waals surface area contributed by atoms with Gasteiger partial charge in [-0.3, -0.25) is 14.4 Å². The molecule has 5 nitrogen and oxygen atoms in total. The summed E-state index contributed by atoms with van der Waals surface area (Å²) in [7, 11) is 0. The fraction of sp³-hybridized carbons (Fsp3) is 0.192. The molecule has 5 rings (SSSR count). The Hall–Kier alpha value is -3.44. The summed E-state index contributed by atoms with van der Waals surface area (Å²) in [5.74, 6) is -1.81. The number of ketones is 1. The second kappa shape index (κ2) is 7.04. The van der Waals surface area contributed by atoms with Gasteiger partial charge in [0.1, 0.15) is 5.75 Å². The zero-order chi connectivity index (χ0) is 22.7. The predicted octanol–water partition coefficient (Wildman–Crippen LogP) is 5.18. The number of aryl methyl sites for hydroxylation is 1. The molecule has 0 radical (unpaired) electrons. The first-order valence-corrected chi connectivity index (χ1v) is 10.7. The Morgan fingerprint density at radius 3 is 2.31 bits per heavy atom. The number of ether oxygens (including phenoxy) is 1. The molecule has 6 heteroatoms. The molecule has 0 aromatic heterocycles. The van der Waals surface area contributed by atoms with E-state index in [-0.39, 0.29) is 5.78 Å². The third kappa shape index (κ3) is 2.67. The number of Topliss-reactive ketones (excluding diaryl/α,β-unsaturated/α-hetero) is 1. The number of halogens is 1. The van der Waals surface area contributed by atoms with Crippen molar-refractivity contribution in [3.63, 3.8) is 0 Å². The Labute approximate surface area is 190 Å². The van der Waals surface area contributed by atoms with E-state index in [1.807, 2.05) is 25.1 Å². The average Bonchev–Trinajstić information content (AvgIpc) is 3.39. The van der Waals surface area contributed by atoms with Gasteiger partial charge in [-0.25, -0.2) is 0 Å². The number of anilines is 1. The summed E-state index contributed by atoms with van der Waals surface area (Å²) in [6, 6.07) is 20.8. The maximum Gasteiger partial charge on any atom is 0.328 e. The van der Waals surface area contributed by atoms with Gasteiger partial charge in [-0.05, 0) is 56.3 Å². The van der Waals surface area contributed by atoms with E-state index in [1.165, 1.54) is 0 Å². The molecule has 3 atom stereocenters. The monoisotopic (exact) mass is 445 g/mol. The second-order valence-electron chi connectivity index (χ2n) is 8.53. The Bertz CT molecular complexity index is 1270. The lowest BCUT2D eigenvalue weighted by molar-refractivity contribution is -0.147. The summed E-state index contributed by atoms with van der Waals surface area (Å²) in [5, 5.41) is 3.34. The highest BCUT2D eigenvalue weighted by atomic mass is 35.5. The van der Waals surface area contributed by atoms with Crippen LogP contribution in [0.5, 0.6) is 5.75 Å². The van der Waals surface area contributed by atoms with Crippen LogP contribution in [0.1, 0.15) is 34.3 Å². The molecule has 0 saturated heterocycles. The van der Waals surface area contributed by atoms with Crippen molar-refractivity contribution in [1.29, 1.82) is 0 Å². The maximum atomic E-state index is 13.7. The van der Waals surface area contributed by atoms with Crippen LogP contribution in [0.15, 0.2) is 72.8 Å². The second-order valence-corrected chi connectivity index (χ2v) is 8.96. The molecule has 0 bridgehead atoms. The first-order chi connectivity index (χ1) is 15.3. The Morgan fingerprint density at radius 1 is 0.969 bits per heavy atom. The number of hydrogen-bond acceptors (Lipinski definition) is 4. The maximum absolute atomic E-state index is 13.7. The van der Waals surface area contributed by atoms with Crippen LogP contribution in [0.4, 0.5) is 5.69 Å². The van der Waals surface area contributed by atoms with Gasteiger partial charge in [0.2, 0.25) is 5.91 Å². The van der Waals surface area contributed by atoms with Crippen LogP contribution in [0, 0.1) is 17.8 Å². The van der Waals surface area contributed by atoms with Crippen molar-refractivity contribution in [1.82, 2.24) is 0 Å². The van der Waals surface area contributed by atoms with E-state index in [9.17, 15) is 14.4 Å². The molecule has 1 aliphatic carbocycles. The minimum absolute atomic E-state index is 0.299. The largest absolute Gasteiger partial charge is 0.425 e. The molecule has 1 N–H and O–H groups in total. The zero-order valence-electron chi connectivity index (χ0n) is 17.5. The van der Waals surface area contributed by atoms with Crippen molar-refractivity contribution in [3.8, 4) is 5.75 Å². The van der Waals surface area contributed by atoms with Gasteiger partial charge in [-0.15, -0.1) is 0 Å². The standard InChI is InChI=1S/C26H20ClNO4/c1-15-7-13-18(14-8-15)28-23(30)26-21(19-5-3-4-6-20(19)32-24(26)31)25(26,2)22(29)16-9-11-17(27)12-10-16/h3-14,21H,1-2H3,(H,28,30)/t21-,25-,26+/m1/s1. The number of rotatable bonds is 4. The van der Waals surface area contributed by atoms with Gasteiger partial charge in [0.05, 0.1) is 5.41 Å². The number of amides is 1. The van der Waals surface area contributed by atoms with E-state index in [4.69, 9.17) is 16.3 Å². The Balaban J connectivity index is 1.62. The molecule has 0 spiro atoms. The molecule has 1 saturated carbocycles. The molecule has 3 aromatic carbocycles. The predicted molar refractivity (Wildman–Crippen MR) is 121 cm³/mol. The van der Waals surface area contributed by atoms with E-state index in [0.29, 0.717) is 27.6 Å². The van der Waals surface area contributed by atoms with E-state index < -0.39 is 28.6 Å². The smallest absolute Gasteiger partial charge is 0.328 e. The first kappa shape index (κ1) is 20.5. The van der Waals surface area contributed by atoms with Crippen molar-refractivity contribution < 1.29 is 19.1 Å². The summed E-state index contributed by atoms with van der Waals surface area (Å²) < 4.78 is 5.59. The lowest BCUT2D eigenvalue weighted by atomic mass is 9.86. The summed E-state index contributed by atoms with van der Waals surface area (Å²) in [6.45, 7) is 3.62. The molecule has 32 heavy (non-hydrogen) atoms. The Morgan fingerprint density at radius 2 is 1.62 bits per heavy atom. The first-order valence-electron chi connectivity index (χ1n) is 10.3. The number of benzene rings is 3. The van der Waals surface area contributed by atoms with E-state index in [1.54, 1.807) is 61.5 Å². The highest BCUT2D eigenvalue weighted by Gasteiger charge is 2.88. The number of nitrogens with one attached hydrogen (secondary N) is 1. The average molecular weight is 446 g/mol. The third-order valence-corrected chi connectivity index (χ3v) is 7.00. The molecule has 160 valence electrons. The van der Waals surface area contributed by atoms with Crippen molar-refractivity contribution >= 4 is 34.9 Å². The number of esters is 1. The molecule has 1 fully saturated rings. The summed E-state index contributed by atoms with van der Waals surface area (Å²) in [5.41, 5.74) is -0.315. The number of hydrogen-bond donors (Lipinski definition) is 1. The molecule has 3 aromatic rings. The van der Waals surface area contributed by atoms with Crippen molar-refractivity contribution in [3.05, 3.63) is 94.5 Å². The molecular formula is C26H20ClNO4. The quantitative estimate of drug-likeness (QED) is 0.260. The van der Waals surface area contributed by atoms with Crippen LogP contribution in [-0.2, 0) is 9.59 Å². The molecule has 1 heterocycles. The SMILES string of the molecule is Cc1ccc(NC(=O)[C@]23C(=O)Oc4ccccc4[C@@H]2[C@]3(C)C(=O)c2ccc(Cl)cc2)cc1. The zero-order valence-corrected chi connectivity index (χ0v) is 18.3. The fourth-order valence-corrected chi connectivity index (χ4v) is 5.15. The van der Waals surface area contributed by atoms with Crippen LogP contribution in [-0.4, -0.2) is 17.7 Å². The summed E-state index contributed by atoms with van der Waals surface area (Å²) in [6.07, 6.45) is 0. The number of fused-ring (bicyclic) bond motifs is 3. The number of para-hydroxylation sites is 1. The Kier molecular flexibility index (Phi) is 4.50. The molecule has 2 aliphatic rings. The van der Waals surface area contributed by atoms with Crippen molar-refractivity contribution in [2.45, 2.75) is 19.8 Å². The van der Waals surface area contributed by atoms with E-state index in [0.717, 1.165) is 5.56 Å². The highest BCUT2D eigenvalue weighted by Crippen LogP contribution is 2.78. The van der Waals surface area contributed by atoms with Crippen molar-refractivity contribution in [2.75, 3.05) is 5.32 Å². The van der Waals surface area contributed by atoms with Crippen LogP contribution < -0.4 is 10.1 Å². The molecule has 1 amide bonds. The van der Waals surface area contributed by atoms with E-state index in [2.05, 4.69) is 5.32 Å². The van der Waals surface area contributed by atoms with Gasteiger partial charge < -0.3 is 10.1 Å². The minimum Gasteiger partial charge on any atom is -0.425 e. The third-order valence-electron chi connectivity index (χ3n) is 6.75. The lowest BCUT2D eigenvalue weighted by Crippen LogP contribution is -2.42. The van der Waals surface area contributed by atoms with Crippen LogP contribution >= 0.6 is 11.6 Å². The van der Waals surface area contributed by atoms with Crippen LogP contribution in [0.25, 0.3) is 0 Å². The summed E-state index contributed by atoms with van der Waals surface area (Å²) in [4.78, 5) is 40.7. The number of carbonyl (C=O) groups excluding carboxylic acids is 3. The minimum atomic E-state index is -1.66. The lowest BCUT2D eigenvalue weighted by Gasteiger charge is -2.23. The van der Waals surface area contributed by atoms with Gasteiger partial charge in [0.15, 0.2) is 11.2 Å². The summed E-state index contributed by atoms with van der Waals surface area (Å²) >= 11 is 5.99. The normalized spacial score (nSPS) is 25.2. The topological polar surface area (TPSA) is 72.5 Å². The van der Waals surface area contributed by atoms with Crippen molar-refractivity contribution in [2.24, 2.45) is 10.8 Å². The van der Waals surface area contributed by atoms with E-state index >= 15 is 0 Å². The van der Waals surface area contributed by atoms with Gasteiger partial charge >= 0.3 is 5.97 Å². The fourth-order valence-electron chi connectivity index (χ4n) is 5.02. The molecular weight excluding hydrogens is 426 g/mol. The van der Waals surface area contributed by atoms with Gasteiger partial charge in [0.25, 0.3) is 0 Å².